The minimum absolute atomic E-state index is 0.0625. The molecule has 2 aromatic rings. The van der Waals surface area contributed by atoms with Crippen LogP contribution >= 0.6 is 11.6 Å². The number of hydrazine groups is 1. The van der Waals surface area contributed by atoms with E-state index in [0.717, 1.165) is 10.9 Å². The molecular formula is C16H18ClN5O3. The number of rotatable bonds is 2. The van der Waals surface area contributed by atoms with Crippen LogP contribution in [0, 0.1) is 0 Å². The molecule has 0 radical (unpaired) electrons. The molecule has 1 aromatic heterocycles. The predicted octanol–water partition coefficient (Wildman–Crippen LogP) is 0.532. The van der Waals surface area contributed by atoms with Crippen molar-refractivity contribution in [2.24, 2.45) is 5.84 Å². The highest BCUT2D eigenvalue weighted by Crippen LogP contribution is 2.20. The first-order chi connectivity index (χ1) is 12.0. The van der Waals surface area contributed by atoms with Crippen LogP contribution in [0.15, 0.2) is 24.3 Å². The van der Waals surface area contributed by atoms with Crippen LogP contribution in [0.5, 0.6) is 0 Å². The summed E-state index contributed by atoms with van der Waals surface area (Å²) in [5.41, 5.74) is 3.12. The number of likely N-dealkylation sites (tertiary alicyclic amines) is 1. The zero-order valence-electron chi connectivity index (χ0n) is 13.3. The molecule has 3 amide bonds. The third-order valence-electron chi connectivity index (χ3n) is 4.27. The number of H-pyrrole nitrogens is 1. The average molecular weight is 364 g/mol. The number of aromatic amines is 1. The van der Waals surface area contributed by atoms with Gasteiger partial charge in [0.2, 0.25) is 0 Å². The molecule has 1 fully saturated rings. The second-order valence-electron chi connectivity index (χ2n) is 5.93. The summed E-state index contributed by atoms with van der Waals surface area (Å²) in [6.45, 7) is 0.777. The van der Waals surface area contributed by atoms with E-state index >= 15 is 0 Å². The summed E-state index contributed by atoms with van der Waals surface area (Å²) >= 11 is 5.95. The van der Waals surface area contributed by atoms with E-state index in [9.17, 15) is 14.4 Å². The molecule has 0 bridgehead atoms. The number of amides is 3. The first-order valence-corrected chi connectivity index (χ1v) is 8.24. The largest absolute Gasteiger partial charge is 0.351 e. The quantitative estimate of drug-likeness (QED) is 0.269. The van der Waals surface area contributed by atoms with Gasteiger partial charge in [0.05, 0.1) is 0 Å². The number of hydrogen-bond donors (Lipinski definition) is 4. The van der Waals surface area contributed by atoms with Crippen LogP contribution < -0.4 is 16.6 Å². The van der Waals surface area contributed by atoms with Crippen LogP contribution in [0.25, 0.3) is 10.9 Å². The van der Waals surface area contributed by atoms with Crippen LogP contribution in [0.1, 0.15) is 23.3 Å². The Morgan fingerprint density at radius 1 is 1.20 bits per heavy atom. The van der Waals surface area contributed by atoms with E-state index in [1.165, 1.54) is 4.90 Å². The molecule has 3 rings (SSSR count). The number of fused-ring (bicyclic) bond motifs is 1. The maximum atomic E-state index is 12.4. The third-order valence-corrected chi connectivity index (χ3v) is 4.51. The Bertz CT molecular complexity index is 826. The van der Waals surface area contributed by atoms with Crippen molar-refractivity contribution < 1.29 is 14.4 Å². The average Bonchev–Trinajstić information content (AvgIpc) is 3.04. The van der Waals surface area contributed by atoms with Crippen molar-refractivity contribution in [3.8, 4) is 0 Å². The molecule has 0 aliphatic carbocycles. The molecule has 1 aromatic carbocycles. The summed E-state index contributed by atoms with van der Waals surface area (Å²) in [4.78, 5) is 39.9. The van der Waals surface area contributed by atoms with Crippen molar-refractivity contribution in [2.75, 3.05) is 13.1 Å². The van der Waals surface area contributed by atoms with E-state index in [-0.39, 0.29) is 11.9 Å². The lowest BCUT2D eigenvalue weighted by Gasteiger charge is -2.31. The van der Waals surface area contributed by atoms with Gasteiger partial charge in [0.1, 0.15) is 5.69 Å². The second-order valence-corrected chi connectivity index (χ2v) is 6.36. The normalized spacial score (nSPS) is 15.2. The number of nitrogens with one attached hydrogen (secondary N) is 3. The Morgan fingerprint density at radius 2 is 1.92 bits per heavy atom. The fraction of sp³-hybridized carbons (Fsp3) is 0.312. The van der Waals surface area contributed by atoms with Gasteiger partial charge in [-0.1, -0.05) is 11.6 Å². The molecule has 25 heavy (non-hydrogen) atoms. The molecule has 1 aliphatic rings. The Kier molecular flexibility index (Phi) is 4.91. The lowest BCUT2D eigenvalue weighted by Crippen LogP contribution is -2.51. The molecule has 8 nitrogen and oxygen atoms in total. The van der Waals surface area contributed by atoms with Crippen molar-refractivity contribution in [2.45, 2.75) is 18.9 Å². The van der Waals surface area contributed by atoms with Crippen molar-refractivity contribution in [3.63, 3.8) is 0 Å². The molecule has 5 N–H and O–H groups in total. The van der Waals surface area contributed by atoms with Gasteiger partial charge in [-0.3, -0.25) is 19.8 Å². The van der Waals surface area contributed by atoms with Gasteiger partial charge < -0.3 is 15.2 Å². The van der Waals surface area contributed by atoms with Crippen LogP contribution in [-0.4, -0.2) is 46.7 Å². The SMILES string of the molecule is NNC(=O)C(=O)N1CCC(NC(=O)c2cc3cc(Cl)ccc3[nH]2)CC1. The third kappa shape index (κ3) is 3.75. The molecule has 9 heteroatoms. The highest BCUT2D eigenvalue weighted by atomic mass is 35.5. The van der Waals surface area contributed by atoms with Gasteiger partial charge in [0.25, 0.3) is 5.91 Å². The molecule has 2 heterocycles. The zero-order valence-corrected chi connectivity index (χ0v) is 14.1. The zero-order chi connectivity index (χ0) is 18.0. The fourth-order valence-electron chi connectivity index (χ4n) is 2.92. The number of carbonyl (C=O) groups is 3. The first kappa shape index (κ1) is 17.2. The van der Waals surface area contributed by atoms with E-state index in [1.54, 1.807) is 18.2 Å². The minimum Gasteiger partial charge on any atom is -0.351 e. The molecule has 132 valence electrons. The maximum absolute atomic E-state index is 12.4. The van der Waals surface area contributed by atoms with Crippen LogP contribution in [0.4, 0.5) is 0 Å². The minimum atomic E-state index is -0.834. The molecule has 0 saturated carbocycles. The van der Waals surface area contributed by atoms with Crippen molar-refractivity contribution in [3.05, 3.63) is 35.0 Å². The number of nitrogens with two attached hydrogens (primary N) is 1. The van der Waals surface area contributed by atoms with E-state index < -0.39 is 11.8 Å². The Labute approximate surface area is 148 Å². The maximum Gasteiger partial charge on any atom is 0.323 e. The van der Waals surface area contributed by atoms with E-state index in [1.807, 2.05) is 11.5 Å². The Morgan fingerprint density at radius 3 is 2.60 bits per heavy atom. The van der Waals surface area contributed by atoms with Crippen LogP contribution in [-0.2, 0) is 9.59 Å². The molecule has 0 spiro atoms. The van der Waals surface area contributed by atoms with Gasteiger partial charge in [-0.2, -0.15) is 0 Å². The van der Waals surface area contributed by atoms with Gasteiger partial charge >= 0.3 is 11.8 Å². The van der Waals surface area contributed by atoms with Gasteiger partial charge in [0.15, 0.2) is 0 Å². The number of halogens is 1. The van der Waals surface area contributed by atoms with Gasteiger partial charge in [-0.15, -0.1) is 0 Å². The Hall–Kier alpha value is -2.58. The summed E-state index contributed by atoms with van der Waals surface area (Å²) in [5, 5.41) is 4.42. The Balaban J connectivity index is 1.58. The molecular weight excluding hydrogens is 346 g/mol. The highest BCUT2D eigenvalue weighted by molar-refractivity contribution is 6.34. The standard InChI is InChI=1S/C16H18ClN5O3/c17-10-1-2-12-9(7-10)8-13(20-12)14(23)19-11-3-5-22(6-4-11)16(25)15(24)21-18/h1-2,7-8,11,20H,3-6,18H2,(H,19,23)(H,21,24). The van der Waals surface area contributed by atoms with E-state index in [4.69, 9.17) is 17.4 Å². The van der Waals surface area contributed by atoms with E-state index in [2.05, 4.69) is 10.3 Å². The number of carbonyl (C=O) groups excluding carboxylic acids is 3. The van der Waals surface area contributed by atoms with Gasteiger partial charge in [-0.05, 0) is 37.1 Å². The monoisotopic (exact) mass is 363 g/mol. The lowest BCUT2D eigenvalue weighted by molar-refractivity contribution is -0.146. The molecule has 1 saturated heterocycles. The topological polar surface area (TPSA) is 120 Å². The van der Waals surface area contributed by atoms with Crippen molar-refractivity contribution in [1.29, 1.82) is 0 Å². The summed E-state index contributed by atoms with van der Waals surface area (Å²) in [7, 11) is 0. The molecule has 0 atom stereocenters. The second kappa shape index (κ2) is 7.12. The van der Waals surface area contributed by atoms with Gasteiger partial charge in [-0.25, -0.2) is 5.84 Å². The number of nitrogens with zero attached hydrogens (tertiary/aromatic N) is 1. The highest BCUT2D eigenvalue weighted by Gasteiger charge is 2.27. The number of hydrogen-bond acceptors (Lipinski definition) is 4. The summed E-state index contributed by atoms with van der Waals surface area (Å²) in [6, 6.07) is 7.05. The number of benzene rings is 1. The summed E-state index contributed by atoms with van der Waals surface area (Å²) in [5.74, 6) is 3.26. The fourth-order valence-corrected chi connectivity index (χ4v) is 3.10. The van der Waals surface area contributed by atoms with Crippen molar-refractivity contribution >= 4 is 40.2 Å². The van der Waals surface area contributed by atoms with Crippen LogP contribution in [0.2, 0.25) is 5.02 Å². The first-order valence-electron chi connectivity index (χ1n) is 7.87. The van der Waals surface area contributed by atoms with Crippen molar-refractivity contribution in [1.82, 2.24) is 20.6 Å². The smallest absolute Gasteiger partial charge is 0.323 e. The lowest BCUT2D eigenvalue weighted by atomic mass is 10.0. The summed E-state index contributed by atoms with van der Waals surface area (Å²) < 4.78 is 0. The van der Waals surface area contributed by atoms with E-state index in [0.29, 0.717) is 36.6 Å². The molecule has 1 aliphatic heterocycles. The molecule has 0 unspecified atom stereocenters. The predicted molar refractivity (Wildman–Crippen MR) is 92.7 cm³/mol. The number of aromatic nitrogens is 1. The van der Waals surface area contributed by atoms with Crippen LogP contribution in [0.3, 0.4) is 0 Å². The van der Waals surface area contributed by atoms with Gasteiger partial charge in [0, 0.05) is 35.1 Å². The summed E-state index contributed by atoms with van der Waals surface area (Å²) in [6.07, 6.45) is 1.14. The number of piperidine rings is 1.